The number of aromatic nitrogens is 1. The van der Waals surface area contributed by atoms with E-state index in [2.05, 4.69) is 35.6 Å². The third kappa shape index (κ3) is 5.64. The molecule has 4 heteroatoms. The summed E-state index contributed by atoms with van der Waals surface area (Å²) in [6.45, 7) is 16.2. The number of aryl methyl sites for hydroxylation is 2. The first-order valence-corrected chi connectivity index (χ1v) is 8.15. The first kappa shape index (κ1) is 17.9. The van der Waals surface area contributed by atoms with E-state index in [1.54, 1.807) is 0 Å². The minimum Gasteiger partial charge on any atom is -0.362 e. The molecule has 0 saturated carbocycles. The van der Waals surface area contributed by atoms with Gasteiger partial charge in [0.25, 0.3) is 0 Å². The van der Waals surface area contributed by atoms with Gasteiger partial charge in [-0.2, -0.15) is 0 Å². The predicted octanol–water partition coefficient (Wildman–Crippen LogP) is 2.87. The SMILES string of the molecule is CCN(CC)CCCN(CC)CC(=O)c1cc(C)[nH]c1C. The first-order valence-electron chi connectivity index (χ1n) is 8.15. The summed E-state index contributed by atoms with van der Waals surface area (Å²) in [7, 11) is 0. The van der Waals surface area contributed by atoms with Crippen LogP contribution in [0.2, 0.25) is 0 Å². The molecule has 0 aliphatic carbocycles. The monoisotopic (exact) mass is 293 g/mol. The standard InChI is InChI=1S/C17H31N3O/c1-6-19(7-2)10-9-11-20(8-3)13-17(21)16-12-14(4)18-15(16)5/h12,18H,6-11,13H2,1-5H3. The Kier molecular flexibility index (Phi) is 7.68. The van der Waals surface area contributed by atoms with Crippen LogP contribution in [0.3, 0.4) is 0 Å². The fourth-order valence-corrected chi connectivity index (χ4v) is 2.71. The Bertz CT molecular complexity index is 435. The molecule has 0 spiro atoms. The van der Waals surface area contributed by atoms with Crippen molar-refractivity contribution in [1.29, 1.82) is 0 Å². The minimum absolute atomic E-state index is 0.224. The van der Waals surface area contributed by atoms with Crippen molar-refractivity contribution in [3.8, 4) is 0 Å². The number of nitrogens with one attached hydrogen (secondary N) is 1. The number of carbonyl (C=O) groups is 1. The van der Waals surface area contributed by atoms with Crippen molar-refractivity contribution in [1.82, 2.24) is 14.8 Å². The van der Waals surface area contributed by atoms with Crippen molar-refractivity contribution >= 4 is 5.78 Å². The molecule has 0 aliphatic heterocycles. The highest BCUT2D eigenvalue weighted by Gasteiger charge is 2.15. The van der Waals surface area contributed by atoms with Gasteiger partial charge >= 0.3 is 0 Å². The second-order valence-corrected chi connectivity index (χ2v) is 5.66. The summed E-state index contributed by atoms with van der Waals surface area (Å²) in [6, 6.07) is 1.96. The van der Waals surface area contributed by atoms with Gasteiger partial charge in [-0.25, -0.2) is 0 Å². The summed E-state index contributed by atoms with van der Waals surface area (Å²) >= 11 is 0. The number of rotatable bonds is 10. The number of nitrogens with zero attached hydrogens (tertiary/aromatic N) is 2. The van der Waals surface area contributed by atoms with Crippen molar-refractivity contribution in [3.63, 3.8) is 0 Å². The van der Waals surface area contributed by atoms with E-state index in [-0.39, 0.29) is 5.78 Å². The van der Waals surface area contributed by atoms with Crippen LogP contribution in [0.4, 0.5) is 0 Å². The van der Waals surface area contributed by atoms with Crippen molar-refractivity contribution in [3.05, 3.63) is 23.0 Å². The molecule has 1 aromatic rings. The summed E-state index contributed by atoms with van der Waals surface area (Å²) in [5.41, 5.74) is 2.88. The molecule has 0 bridgehead atoms. The molecule has 0 amide bonds. The Morgan fingerprint density at radius 2 is 1.62 bits per heavy atom. The second kappa shape index (κ2) is 9.00. The fraction of sp³-hybridized carbons (Fsp3) is 0.706. The molecule has 1 rings (SSSR count). The minimum atomic E-state index is 0.224. The van der Waals surface area contributed by atoms with Crippen LogP contribution >= 0.6 is 0 Å². The van der Waals surface area contributed by atoms with Crippen LogP contribution in [0.15, 0.2) is 6.07 Å². The Balaban J connectivity index is 2.46. The first-order chi connectivity index (χ1) is 10.0. The lowest BCUT2D eigenvalue weighted by Crippen LogP contribution is -2.33. The smallest absolute Gasteiger partial charge is 0.178 e. The van der Waals surface area contributed by atoms with Crippen LogP contribution in [-0.2, 0) is 0 Å². The van der Waals surface area contributed by atoms with Crippen molar-refractivity contribution in [2.75, 3.05) is 39.3 Å². The summed E-state index contributed by atoms with van der Waals surface area (Å²) in [6.07, 6.45) is 1.12. The van der Waals surface area contributed by atoms with Gasteiger partial charge in [0.2, 0.25) is 0 Å². The maximum atomic E-state index is 12.4. The molecule has 4 nitrogen and oxygen atoms in total. The highest BCUT2D eigenvalue weighted by atomic mass is 16.1. The van der Waals surface area contributed by atoms with Crippen LogP contribution in [0.25, 0.3) is 0 Å². The highest BCUT2D eigenvalue weighted by Crippen LogP contribution is 2.11. The van der Waals surface area contributed by atoms with Gasteiger partial charge in [0.05, 0.1) is 6.54 Å². The van der Waals surface area contributed by atoms with Crippen LogP contribution in [0.1, 0.15) is 48.9 Å². The molecule has 21 heavy (non-hydrogen) atoms. The molecule has 1 N–H and O–H groups in total. The zero-order valence-electron chi connectivity index (χ0n) is 14.3. The summed E-state index contributed by atoms with van der Waals surface area (Å²) in [5.74, 6) is 0.224. The molecule has 0 atom stereocenters. The lowest BCUT2D eigenvalue weighted by molar-refractivity contribution is 0.0930. The van der Waals surface area contributed by atoms with Crippen LogP contribution in [-0.4, -0.2) is 59.8 Å². The molecule has 0 saturated heterocycles. The van der Waals surface area contributed by atoms with Crippen LogP contribution < -0.4 is 0 Å². The summed E-state index contributed by atoms with van der Waals surface area (Å²) < 4.78 is 0. The van der Waals surface area contributed by atoms with Gasteiger partial charge in [0, 0.05) is 17.0 Å². The highest BCUT2D eigenvalue weighted by molar-refractivity contribution is 5.98. The molecule has 120 valence electrons. The predicted molar refractivity (Wildman–Crippen MR) is 89.1 cm³/mol. The van der Waals surface area contributed by atoms with Gasteiger partial charge in [0.15, 0.2) is 5.78 Å². The fourth-order valence-electron chi connectivity index (χ4n) is 2.71. The Morgan fingerprint density at radius 1 is 1.05 bits per heavy atom. The second-order valence-electron chi connectivity index (χ2n) is 5.66. The Labute approximate surface area is 129 Å². The number of hydrogen-bond acceptors (Lipinski definition) is 3. The third-order valence-corrected chi connectivity index (χ3v) is 4.11. The maximum Gasteiger partial charge on any atom is 0.178 e. The molecular weight excluding hydrogens is 262 g/mol. The molecule has 1 aromatic heterocycles. The van der Waals surface area contributed by atoms with Crippen LogP contribution in [0.5, 0.6) is 0 Å². The number of H-pyrrole nitrogens is 1. The molecule has 0 aromatic carbocycles. The molecule has 1 heterocycles. The van der Waals surface area contributed by atoms with Gasteiger partial charge in [-0.15, -0.1) is 0 Å². The van der Waals surface area contributed by atoms with E-state index in [4.69, 9.17) is 0 Å². The van der Waals surface area contributed by atoms with E-state index in [9.17, 15) is 4.79 Å². The average molecular weight is 293 g/mol. The third-order valence-electron chi connectivity index (χ3n) is 4.11. The molecular formula is C17H31N3O. The number of ketones is 1. The lowest BCUT2D eigenvalue weighted by atomic mass is 10.1. The molecule has 0 fully saturated rings. The lowest BCUT2D eigenvalue weighted by Gasteiger charge is -2.22. The summed E-state index contributed by atoms with van der Waals surface area (Å²) in [5, 5.41) is 0. The van der Waals surface area contributed by atoms with Crippen molar-refractivity contribution in [2.45, 2.75) is 41.0 Å². The van der Waals surface area contributed by atoms with Gasteiger partial charge in [0.1, 0.15) is 0 Å². The zero-order chi connectivity index (χ0) is 15.8. The number of carbonyl (C=O) groups excluding carboxylic acids is 1. The number of aromatic amines is 1. The molecule has 0 aliphatic rings. The average Bonchev–Trinajstić information content (AvgIpc) is 2.81. The van der Waals surface area contributed by atoms with Gasteiger partial charge in [-0.1, -0.05) is 20.8 Å². The van der Waals surface area contributed by atoms with Crippen molar-refractivity contribution in [2.24, 2.45) is 0 Å². The largest absolute Gasteiger partial charge is 0.362 e. The number of Topliss-reactive ketones (excluding diaryl/α,β-unsaturated/α-hetero) is 1. The van der Waals surface area contributed by atoms with E-state index in [0.717, 1.165) is 56.1 Å². The van der Waals surface area contributed by atoms with Gasteiger partial charge < -0.3 is 9.88 Å². The van der Waals surface area contributed by atoms with E-state index >= 15 is 0 Å². The van der Waals surface area contributed by atoms with Gasteiger partial charge in [-0.3, -0.25) is 9.69 Å². The van der Waals surface area contributed by atoms with E-state index < -0.39 is 0 Å². The molecule has 0 radical (unpaired) electrons. The van der Waals surface area contributed by atoms with E-state index in [0.29, 0.717) is 6.54 Å². The zero-order valence-corrected chi connectivity index (χ0v) is 14.3. The molecule has 0 unspecified atom stereocenters. The quantitative estimate of drug-likeness (QED) is 0.674. The Morgan fingerprint density at radius 3 is 2.10 bits per heavy atom. The summed E-state index contributed by atoms with van der Waals surface area (Å²) in [4.78, 5) is 20.3. The van der Waals surface area contributed by atoms with E-state index in [1.165, 1.54) is 0 Å². The van der Waals surface area contributed by atoms with Crippen molar-refractivity contribution < 1.29 is 4.79 Å². The van der Waals surface area contributed by atoms with Gasteiger partial charge in [-0.05, 0) is 59.1 Å². The van der Waals surface area contributed by atoms with E-state index in [1.807, 2.05) is 19.9 Å². The maximum absolute atomic E-state index is 12.4. The van der Waals surface area contributed by atoms with Crippen LogP contribution in [0, 0.1) is 13.8 Å². The number of hydrogen-bond donors (Lipinski definition) is 1. The number of likely N-dealkylation sites (N-methyl/N-ethyl adjacent to an activating group) is 1. The Hall–Kier alpha value is -1.13. The topological polar surface area (TPSA) is 39.3 Å². The normalized spacial score (nSPS) is 11.6.